The van der Waals surface area contributed by atoms with E-state index in [0.29, 0.717) is 11.1 Å². The monoisotopic (exact) mass is 360 g/mol. The van der Waals surface area contributed by atoms with Crippen molar-refractivity contribution < 1.29 is 23.6 Å². The predicted octanol–water partition coefficient (Wildman–Crippen LogP) is 2.18. The van der Waals surface area contributed by atoms with Crippen molar-refractivity contribution in [2.24, 2.45) is 0 Å². The maximum Gasteiger partial charge on any atom is 0.328 e. The summed E-state index contributed by atoms with van der Waals surface area (Å²) >= 11 is 0. The summed E-state index contributed by atoms with van der Waals surface area (Å²) in [6.07, 6.45) is -0.149. The van der Waals surface area contributed by atoms with Gasteiger partial charge in [0.2, 0.25) is 5.91 Å². The second kappa shape index (κ2) is 8.70. The largest absolute Gasteiger partial charge is 0.467 e. The number of esters is 1. The maximum atomic E-state index is 12.9. The van der Waals surface area contributed by atoms with E-state index in [2.05, 4.69) is 10.1 Å². The highest BCUT2D eigenvalue weighted by molar-refractivity contribution is 5.86. The van der Waals surface area contributed by atoms with Gasteiger partial charge in [-0.15, -0.1) is 0 Å². The van der Waals surface area contributed by atoms with Gasteiger partial charge in [-0.2, -0.15) is 0 Å². The molecule has 0 aliphatic carbocycles. The third-order valence-corrected chi connectivity index (χ3v) is 3.71. The molecule has 0 aromatic heterocycles. The molecule has 2 rings (SSSR count). The predicted molar refractivity (Wildman–Crippen MR) is 90.9 cm³/mol. The molecule has 8 heteroatoms. The minimum absolute atomic E-state index is 0.0648. The average molecular weight is 360 g/mol. The Bertz CT molecular complexity index is 807. The van der Waals surface area contributed by atoms with Gasteiger partial charge in [0.25, 0.3) is 5.69 Å². The topological polar surface area (TPSA) is 98.5 Å². The zero-order chi connectivity index (χ0) is 19.1. The summed E-state index contributed by atoms with van der Waals surface area (Å²) in [6.45, 7) is 0. The number of carbonyl (C=O) groups is 2. The summed E-state index contributed by atoms with van der Waals surface area (Å²) in [5.41, 5.74) is 0.724. The molecule has 136 valence electrons. The van der Waals surface area contributed by atoms with Crippen LogP contribution in [0.2, 0.25) is 0 Å². The van der Waals surface area contributed by atoms with Crippen LogP contribution < -0.4 is 5.32 Å². The van der Waals surface area contributed by atoms with Crippen molar-refractivity contribution >= 4 is 17.6 Å². The Kier molecular flexibility index (Phi) is 6.37. The summed E-state index contributed by atoms with van der Waals surface area (Å²) in [5, 5.41) is 13.6. The van der Waals surface area contributed by atoms with Gasteiger partial charge in [0.05, 0.1) is 18.5 Å². The lowest BCUT2D eigenvalue weighted by Crippen LogP contribution is -2.43. The Morgan fingerprint density at radius 1 is 1.19 bits per heavy atom. The molecule has 0 unspecified atom stereocenters. The number of nitrogens with one attached hydrogen (secondary N) is 1. The second-order valence-electron chi connectivity index (χ2n) is 5.54. The number of rotatable bonds is 7. The van der Waals surface area contributed by atoms with Crippen molar-refractivity contribution in [2.45, 2.75) is 18.9 Å². The molecule has 1 amide bonds. The highest BCUT2D eigenvalue weighted by atomic mass is 19.1. The molecular weight excluding hydrogens is 343 g/mol. The summed E-state index contributed by atoms with van der Waals surface area (Å²) in [5.74, 6) is -1.61. The van der Waals surface area contributed by atoms with E-state index in [1.165, 1.54) is 49.6 Å². The van der Waals surface area contributed by atoms with Gasteiger partial charge >= 0.3 is 5.97 Å². The smallest absolute Gasteiger partial charge is 0.328 e. The van der Waals surface area contributed by atoms with Crippen molar-refractivity contribution in [3.63, 3.8) is 0 Å². The van der Waals surface area contributed by atoms with Crippen molar-refractivity contribution in [1.29, 1.82) is 0 Å². The van der Waals surface area contributed by atoms with E-state index < -0.39 is 28.7 Å². The standard InChI is InChI=1S/C18H17FN2O5/c1-26-18(23)15(11-13-4-2-3-5-16(13)21(24)25)20-17(22)10-12-6-8-14(19)9-7-12/h2-9,15H,10-11H2,1H3,(H,20,22)/t15-/m0/s1. The fourth-order valence-electron chi connectivity index (χ4n) is 2.45. The van der Waals surface area contributed by atoms with Crippen molar-refractivity contribution in [3.8, 4) is 0 Å². The van der Waals surface area contributed by atoms with Crippen LogP contribution in [0.3, 0.4) is 0 Å². The first-order valence-electron chi connectivity index (χ1n) is 7.74. The lowest BCUT2D eigenvalue weighted by Gasteiger charge is -2.16. The molecule has 0 radical (unpaired) electrons. The first-order chi connectivity index (χ1) is 12.4. The average Bonchev–Trinajstić information content (AvgIpc) is 2.62. The summed E-state index contributed by atoms with van der Waals surface area (Å²) in [6, 6.07) is 10.3. The molecule has 1 N–H and O–H groups in total. The Balaban J connectivity index is 2.12. The molecule has 0 heterocycles. The van der Waals surface area contributed by atoms with Crippen LogP contribution in [0.15, 0.2) is 48.5 Å². The van der Waals surface area contributed by atoms with Gasteiger partial charge in [0.15, 0.2) is 0 Å². The fraction of sp³-hybridized carbons (Fsp3) is 0.222. The van der Waals surface area contributed by atoms with Crippen LogP contribution in [0, 0.1) is 15.9 Å². The Labute approximate surface area is 148 Å². The number of nitro groups is 1. The second-order valence-corrected chi connectivity index (χ2v) is 5.54. The van der Waals surface area contributed by atoms with Gasteiger partial charge in [0.1, 0.15) is 11.9 Å². The SMILES string of the molecule is COC(=O)[C@H](Cc1ccccc1[N+](=O)[O-])NC(=O)Cc1ccc(F)cc1. The number of halogens is 1. The number of ether oxygens (including phenoxy) is 1. The van der Waals surface area contributed by atoms with Gasteiger partial charge < -0.3 is 10.1 Å². The van der Waals surface area contributed by atoms with Crippen molar-refractivity contribution in [2.75, 3.05) is 7.11 Å². The van der Waals surface area contributed by atoms with Gasteiger partial charge in [-0.3, -0.25) is 14.9 Å². The fourth-order valence-corrected chi connectivity index (χ4v) is 2.45. The van der Waals surface area contributed by atoms with E-state index in [4.69, 9.17) is 0 Å². The molecular formula is C18H17FN2O5. The number of benzene rings is 2. The number of hydrogen-bond acceptors (Lipinski definition) is 5. The number of methoxy groups -OCH3 is 1. The van der Waals surface area contributed by atoms with Gasteiger partial charge in [0, 0.05) is 18.1 Å². The molecule has 2 aromatic rings. The Hall–Kier alpha value is -3.29. The Morgan fingerprint density at radius 3 is 2.46 bits per heavy atom. The normalized spacial score (nSPS) is 11.5. The van der Waals surface area contributed by atoms with E-state index in [1.807, 2.05) is 0 Å². The number of nitro benzene ring substituents is 1. The lowest BCUT2D eigenvalue weighted by molar-refractivity contribution is -0.385. The van der Waals surface area contributed by atoms with E-state index >= 15 is 0 Å². The van der Waals surface area contributed by atoms with Gasteiger partial charge in [-0.1, -0.05) is 30.3 Å². The highest BCUT2D eigenvalue weighted by Gasteiger charge is 2.25. The summed E-state index contributed by atoms with van der Waals surface area (Å²) in [4.78, 5) is 34.7. The molecule has 7 nitrogen and oxygen atoms in total. The maximum absolute atomic E-state index is 12.9. The molecule has 0 bridgehead atoms. The molecule has 0 saturated heterocycles. The van der Waals surface area contributed by atoms with Crippen LogP contribution in [0.1, 0.15) is 11.1 Å². The van der Waals surface area contributed by atoms with Crippen molar-refractivity contribution in [1.82, 2.24) is 5.32 Å². The van der Waals surface area contributed by atoms with Crippen LogP contribution in [-0.4, -0.2) is 30.0 Å². The first-order valence-corrected chi connectivity index (χ1v) is 7.74. The van der Waals surface area contributed by atoms with E-state index in [-0.39, 0.29) is 18.5 Å². The quantitative estimate of drug-likeness (QED) is 0.464. The van der Waals surface area contributed by atoms with Crippen LogP contribution in [0.4, 0.5) is 10.1 Å². The number of nitrogens with zero attached hydrogens (tertiary/aromatic N) is 1. The molecule has 1 atom stereocenters. The number of para-hydroxylation sites is 1. The zero-order valence-electron chi connectivity index (χ0n) is 14.0. The molecule has 0 aliphatic heterocycles. The van der Waals surface area contributed by atoms with E-state index in [9.17, 15) is 24.1 Å². The van der Waals surface area contributed by atoms with Crippen LogP contribution in [0.5, 0.6) is 0 Å². The van der Waals surface area contributed by atoms with Gasteiger partial charge in [-0.05, 0) is 17.7 Å². The summed E-state index contributed by atoms with van der Waals surface area (Å²) in [7, 11) is 1.17. The Morgan fingerprint density at radius 2 is 1.85 bits per heavy atom. The van der Waals surface area contributed by atoms with E-state index in [1.54, 1.807) is 6.07 Å². The number of carbonyl (C=O) groups excluding carboxylic acids is 2. The number of hydrogen-bond donors (Lipinski definition) is 1. The zero-order valence-corrected chi connectivity index (χ0v) is 14.0. The summed E-state index contributed by atoms with van der Waals surface area (Å²) < 4.78 is 17.6. The van der Waals surface area contributed by atoms with Crippen LogP contribution in [0.25, 0.3) is 0 Å². The number of amides is 1. The van der Waals surface area contributed by atoms with E-state index in [0.717, 1.165) is 0 Å². The molecule has 0 fully saturated rings. The first kappa shape index (κ1) is 19.0. The minimum Gasteiger partial charge on any atom is -0.467 e. The lowest BCUT2D eigenvalue weighted by atomic mass is 10.0. The van der Waals surface area contributed by atoms with Crippen LogP contribution in [-0.2, 0) is 27.2 Å². The molecule has 0 spiro atoms. The third-order valence-electron chi connectivity index (χ3n) is 3.71. The highest BCUT2D eigenvalue weighted by Crippen LogP contribution is 2.19. The molecule has 2 aromatic carbocycles. The molecule has 26 heavy (non-hydrogen) atoms. The molecule has 0 saturated carbocycles. The van der Waals surface area contributed by atoms with Crippen LogP contribution >= 0.6 is 0 Å². The van der Waals surface area contributed by atoms with Crippen molar-refractivity contribution in [3.05, 3.63) is 75.6 Å². The minimum atomic E-state index is -1.07. The van der Waals surface area contributed by atoms with Gasteiger partial charge in [-0.25, -0.2) is 9.18 Å². The third kappa shape index (κ3) is 5.10. The molecule has 0 aliphatic rings.